The van der Waals surface area contributed by atoms with Crippen LogP contribution in [0, 0.1) is 17.8 Å². The number of anilines is 5. The van der Waals surface area contributed by atoms with Gasteiger partial charge in [-0.15, -0.1) is 0 Å². The van der Waals surface area contributed by atoms with Gasteiger partial charge in [-0.25, -0.2) is 13.8 Å². The summed E-state index contributed by atoms with van der Waals surface area (Å²) in [5, 5.41) is 15.4. The number of carbonyl (C=O) groups is 2. The number of halogens is 3. The molecule has 2 amide bonds. The molecule has 1 saturated carbocycles. The van der Waals surface area contributed by atoms with E-state index in [4.69, 9.17) is 26.4 Å². The second-order valence-electron chi connectivity index (χ2n) is 16.9. The largest absolute Gasteiger partial charge is 0.480 e. The average Bonchev–Trinajstić information content (AvgIpc) is 4.00. The van der Waals surface area contributed by atoms with Crippen LogP contribution in [0.15, 0.2) is 47.4 Å². The van der Waals surface area contributed by atoms with Gasteiger partial charge in [-0.3, -0.25) is 24.4 Å². The highest BCUT2D eigenvalue weighted by Gasteiger charge is 2.51. The Morgan fingerprint density at radius 3 is 2.54 bits per heavy atom. The predicted octanol–water partition coefficient (Wildman–Crippen LogP) is 6.09. The number of hydrogen-bond donors (Lipinski definition) is 3. The molecule has 3 N–H and O–H groups in total. The molecule has 0 spiro atoms. The van der Waals surface area contributed by atoms with Gasteiger partial charge in [-0.1, -0.05) is 23.7 Å². The van der Waals surface area contributed by atoms with Crippen molar-refractivity contribution in [1.82, 2.24) is 29.6 Å². The zero-order valence-electron chi connectivity index (χ0n) is 32.8. The van der Waals surface area contributed by atoms with E-state index in [1.165, 1.54) is 4.57 Å². The number of hydrogen-bond acceptors (Lipinski definition) is 11. The SMILES string of the molecule is Cn1nc(C2CCC(=O)NC2=O)c2cccc(N3CC(CC4CCN(c5ncc(Cl)c(Nc6ccc7c(c6)c6c(c(=O)n7C)OCC(F)(F)C(C7CC7)N6)n5)CC4)C3)c21. The summed E-state index contributed by atoms with van der Waals surface area (Å²) in [5.41, 5.74) is 3.86. The van der Waals surface area contributed by atoms with E-state index in [0.717, 1.165) is 67.7 Å². The monoisotopic (exact) mass is 826 g/mol. The minimum Gasteiger partial charge on any atom is -0.480 e. The number of carbonyl (C=O) groups excluding carboxylic acids is 2. The molecule has 3 saturated heterocycles. The first kappa shape index (κ1) is 37.7. The number of nitrogens with one attached hydrogen (secondary N) is 3. The Hall–Kier alpha value is -5.51. The van der Waals surface area contributed by atoms with Gasteiger partial charge in [0, 0.05) is 63.2 Å². The molecule has 10 rings (SSSR count). The smallest absolute Gasteiger partial charge is 0.301 e. The molecular weight excluding hydrogens is 782 g/mol. The van der Waals surface area contributed by atoms with Crippen LogP contribution in [0.25, 0.3) is 21.8 Å². The van der Waals surface area contributed by atoms with E-state index < -0.39 is 30.0 Å². The number of piperidine rings is 2. The molecule has 5 aromatic rings. The minimum absolute atomic E-state index is 0.107. The first-order valence-corrected chi connectivity index (χ1v) is 20.8. The van der Waals surface area contributed by atoms with Crippen LogP contribution in [0.2, 0.25) is 5.02 Å². The highest BCUT2D eigenvalue weighted by Crippen LogP contribution is 2.46. The van der Waals surface area contributed by atoms with Crippen LogP contribution in [-0.2, 0) is 23.7 Å². The number of alkyl halides is 2. The van der Waals surface area contributed by atoms with E-state index in [0.29, 0.717) is 70.9 Å². The zero-order valence-corrected chi connectivity index (χ0v) is 33.6. The summed E-state index contributed by atoms with van der Waals surface area (Å²) in [7, 11) is 3.52. The summed E-state index contributed by atoms with van der Waals surface area (Å²) < 4.78 is 39.1. The quantitative estimate of drug-likeness (QED) is 0.156. The van der Waals surface area contributed by atoms with Gasteiger partial charge in [0.2, 0.25) is 23.5 Å². The standard InChI is InChI=1S/C42H45ClF2N10O4/c1-52-30-10-8-25(17-28(30)34-36(40(52)58)59-21-42(44,45)37(49-34)24-6-7-24)47-38-29(43)18-46-41(50-38)54-14-12-22(13-15-54)16-23-19-55(20-23)31-5-3-4-26-33(51-53(2)35(26)31)27-9-11-32(56)48-39(27)57/h3-5,8,10,17-18,22-24,27,37,49H,6-7,9,11-16,19-21H2,1-2H3,(H,46,47,50)(H,48,56,57). The molecule has 4 aliphatic heterocycles. The third kappa shape index (κ3) is 6.78. The number of amides is 2. The third-order valence-electron chi connectivity index (χ3n) is 12.9. The summed E-state index contributed by atoms with van der Waals surface area (Å²) in [4.78, 5) is 51.6. The van der Waals surface area contributed by atoms with Gasteiger partial charge in [0.25, 0.3) is 5.56 Å². The fourth-order valence-corrected chi connectivity index (χ4v) is 9.73. The zero-order chi connectivity index (χ0) is 40.7. The Bertz CT molecular complexity index is 2580. The molecule has 59 heavy (non-hydrogen) atoms. The maximum Gasteiger partial charge on any atom is 0.301 e. The Kier molecular flexibility index (Phi) is 9.18. The fourth-order valence-electron chi connectivity index (χ4n) is 9.59. The Morgan fingerprint density at radius 2 is 1.78 bits per heavy atom. The molecule has 2 aromatic carbocycles. The normalized spacial score (nSPS) is 22.4. The lowest BCUT2D eigenvalue weighted by molar-refractivity contribution is -0.134. The van der Waals surface area contributed by atoms with E-state index in [9.17, 15) is 14.4 Å². The van der Waals surface area contributed by atoms with Gasteiger partial charge in [0.15, 0.2) is 12.4 Å². The van der Waals surface area contributed by atoms with E-state index in [2.05, 4.69) is 36.8 Å². The van der Waals surface area contributed by atoms with E-state index in [1.54, 1.807) is 31.4 Å². The Balaban J connectivity index is 0.789. The van der Waals surface area contributed by atoms with Crippen molar-refractivity contribution in [3.05, 3.63) is 63.7 Å². The predicted molar refractivity (Wildman–Crippen MR) is 221 cm³/mol. The highest BCUT2D eigenvalue weighted by atomic mass is 35.5. The molecule has 2 unspecified atom stereocenters. The number of pyridine rings is 1. The topological polar surface area (TPSA) is 152 Å². The Morgan fingerprint density at radius 1 is 0.983 bits per heavy atom. The average molecular weight is 827 g/mol. The molecule has 14 nitrogen and oxygen atoms in total. The van der Waals surface area contributed by atoms with Crippen LogP contribution in [0.1, 0.15) is 56.6 Å². The maximum atomic E-state index is 15.1. The summed E-state index contributed by atoms with van der Waals surface area (Å²) in [6.07, 6.45) is 6.95. The minimum atomic E-state index is -3.13. The second-order valence-corrected chi connectivity index (χ2v) is 17.3. The van der Waals surface area contributed by atoms with Crippen LogP contribution >= 0.6 is 11.6 Å². The van der Waals surface area contributed by atoms with Crippen molar-refractivity contribution in [2.24, 2.45) is 31.8 Å². The number of nitrogens with zero attached hydrogens (tertiary/aromatic N) is 7. The number of para-hydroxylation sites is 1. The van der Waals surface area contributed by atoms with Crippen molar-refractivity contribution >= 4 is 74.0 Å². The lowest BCUT2D eigenvalue weighted by atomic mass is 9.83. The van der Waals surface area contributed by atoms with Gasteiger partial charge in [-0.05, 0) is 80.5 Å². The van der Waals surface area contributed by atoms with Crippen molar-refractivity contribution in [2.75, 3.05) is 53.2 Å². The molecule has 0 radical (unpaired) electrons. The van der Waals surface area contributed by atoms with Crippen LogP contribution < -0.4 is 36.0 Å². The van der Waals surface area contributed by atoms with Crippen molar-refractivity contribution in [1.29, 1.82) is 0 Å². The molecule has 7 heterocycles. The van der Waals surface area contributed by atoms with E-state index in [1.807, 2.05) is 23.9 Å². The summed E-state index contributed by atoms with van der Waals surface area (Å²) in [6.45, 7) is 2.68. The molecule has 308 valence electrons. The molecule has 3 aromatic heterocycles. The number of aryl methyl sites for hydroxylation is 2. The summed E-state index contributed by atoms with van der Waals surface area (Å²) in [6, 6.07) is 10.4. The Labute approximate surface area is 343 Å². The van der Waals surface area contributed by atoms with Crippen LogP contribution in [-0.4, -0.2) is 80.9 Å². The number of aromatic nitrogens is 5. The number of ether oxygens (including phenoxy) is 1. The van der Waals surface area contributed by atoms with Gasteiger partial charge in [0.1, 0.15) is 5.02 Å². The lowest BCUT2D eigenvalue weighted by Gasteiger charge is -2.44. The number of rotatable bonds is 8. The number of fused-ring (bicyclic) bond motifs is 4. The van der Waals surface area contributed by atoms with Crippen molar-refractivity contribution in [3.8, 4) is 5.75 Å². The van der Waals surface area contributed by atoms with Gasteiger partial charge < -0.3 is 29.7 Å². The second kappa shape index (κ2) is 14.3. The molecule has 2 atom stereocenters. The van der Waals surface area contributed by atoms with Crippen molar-refractivity contribution in [2.45, 2.75) is 62.8 Å². The fraction of sp³-hybridized carbons (Fsp3) is 0.476. The molecule has 1 aliphatic carbocycles. The number of imide groups is 1. The van der Waals surface area contributed by atoms with E-state index >= 15 is 8.78 Å². The lowest BCUT2D eigenvalue weighted by Crippen LogP contribution is -2.48. The van der Waals surface area contributed by atoms with Crippen LogP contribution in [0.4, 0.5) is 37.6 Å². The first-order chi connectivity index (χ1) is 28.4. The van der Waals surface area contributed by atoms with Gasteiger partial charge in [-0.2, -0.15) is 10.1 Å². The van der Waals surface area contributed by atoms with Crippen molar-refractivity contribution in [3.63, 3.8) is 0 Å². The summed E-state index contributed by atoms with van der Waals surface area (Å²) >= 11 is 6.62. The first-order valence-electron chi connectivity index (χ1n) is 20.4. The molecule has 5 aliphatic rings. The summed E-state index contributed by atoms with van der Waals surface area (Å²) in [5.74, 6) is -2.21. The van der Waals surface area contributed by atoms with E-state index in [-0.39, 0.29) is 29.2 Å². The highest BCUT2D eigenvalue weighted by molar-refractivity contribution is 6.33. The third-order valence-corrected chi connectivity index (χ3v) is 13.2. The van der Waals surface area contributed by atoms with Crippen molar-refractivity contribution < 1.29 is 23.1 Å². The maximum absolute atomic E-state index is 15.1. The van der Waals surface area contributed by atoms with Gasteiger partial charge in [0.05, 0.1) is 46.3 Å². The molecular formula is C42H45ClF2N10O4. The van der Waals surface area contributed by atoms with Crippen LogP contribution in [0.5, 0.6) is 5.75 Å². The molecule has 0 bridgehead atoms. The number of benzene rings is 2. The molecule has 4 fully saturated rings. The van der Waals surface area contributed by atoms with Gasteiger partial charge >= 0.3 is 5.92 Å². The van der Waals surface area contributed by atoms with Crippen LogP contribution in [0.3, 0.4) is 0 Å². The molecule has 17 heteroatoms.